The van der Waals surface area contributed by atoms with Gasteiger partial charge in [-0.05, 0) is 67.7 Å². The number of carbonyl (C=O) groups is 1. The second kappa shape index (κ2) is 11.4. The number of aliphatic hydroxyl groups is 1. The van der Waals surface area contributed by atoms with E-state index in [0.29, 0.717) is 30.2 Å². The predicted molar refractivity (Wildman–Crippen MR) is 134 cm³/mol. The molecule has 0 aromatic heterocycles. The van der Waals surface area contributed by atoms with Gasteiger partial charge in [0, 0.05) is 11.6 Å². The van der Waals surface area contributed by atoms with Crippen molar-refractivity contribution in [1.82, 2.24) is 10.6 Å². The molecule has 0 saturated heterocycles. The van der Waals surface area contributed by atoms with Crippen LogP contribution < -0.4 is 21.1 Å². The number of nitrogens with two attached hydrogens (primary N) is 1. The Bertz CT molecular complexity index is 1000. The molecule has 2 aromatic carbocycles. The van der Waals surface area contributed by atoms with Gasteiger partial charge in [0.1, 0.15) is 11.5 Å². The molecule has 0 spiro atoms. The molecular formula is C25H31ClN4O3. The Morgan fingerprint density at radius 3 is 2.21 bits per heavy atom. The maximum Gasteiger partial charge on any atom is 0.264 e. The van der Waals surface area contributed by atoms with Gasteiger partial charge in [0.25, 0.3) is 5.91 Å². The van der Waals surface area contributed by atoms with E-state index < -0.39 is 17.6 Å². The van der Waals surface area contributed by atoms with Crippen LogP contribution in [0.25, 0.3) is 5.57 Å². The lowest BCUT2D eigenvalue weighted by Crippen LogP contribution is -2.50. The summed E-state index contributed by atoms with van der Waals surface area (Å²) >= 11 is 5.95. The van der Waals surface area contributed by atoms with E-state index in [-0.39, 0.29) is 11.7 Å². The number of amides is 1. The zero-order valence-electron chi connectivity index (χ0n) is 19.0. The number of aliphatic hydroxyl groups excluding tert-OH is 1. The molecule has 2 aromatic rings. The molecule has 176 valence electrons. The van der Waals surface area contributed by atoms with Crippen molar-refractivity contribution < 1.29 is 14.6 Å². The van der Waals surface area contributed by atoms with Crippen LogP contribution in [0.4, 0.5) is 0 Å². The third kappa shape index (κ3) is 7.88. The topological polar surface area (TPSA) is 120 Å². The molecule has 8 heteroatoms. The molecule has 0 fully saturated rings. The highest BCUT2D eigenvalue weighted by Crippen LogP contribution is 2.26. The maximum atomic E-state index is 12.8. The minimum absolute atomic E-state index is 0.129. The highest BCUT2D eigenvalue weighted by atomic mass is 35.5. The molecule has 0 aliphatic heterocycles. The SMILES string of the molecule is C=C(c1ccc(Cl)cc1)c1ccc(OC(C)(C)C(=O)N[C@@H](CCCNC(=N)N)C(=C)O)cc1. The average molecular weight is 471 g/mol. The van der Waals surface area contributed by atoms with Crippen LogP contribution in [-0.2, 0) is 4.79 Å². The molecule has 0 aliphatic rings. The minimum atomic E-state index is -1.19. The largest absolute Gasteiger partial charge is 0.511 e. The third-order valence-corrected chi connectivity index (χ3v) is 5.26. The molecule has 1 amide bonds. The van der Waals surface area contributed by atoms with Gasteiger partial charge in [0.15, 0.2) is 11.6 Å². The van der Waals surface area contributed by atoms with Gasteiger partial charge in [-0.25, -0.2) is 0 Å². The summed E-state index contributed by atoms with van der Waals surface area (Å²) in [5.74, 6) is -0.146. The number of halogens is 1. The van der Waals surface area contributed by atoms with Gasteiger partial charge in [-0.2, -0.15) is 0 Å². The number of rotatable bonds is 11. The van der Waals surface area contributed by atoms with Crippen molar-refractivity contribution in [2.45, 2.75) is 38.3 Å². The van der Waals surface area contributed by atoms with Crippen LogP contribution in [0.1, 0.15) is 37.8 Å². The van der Waals surface area contributed by atoms with Gasteiger partial charge in [0.2, 0.25) is 0 Å². The first-order valence-electron chi connectivity index (χ1n) is 10.5. The number of hydrogen-bond donors (Lipinski definition) is 5. The van der Waals surface area contributed by atoms with E-state index in [2.05, 4.69) is 23.8 Å². The van der Waals surface area contributed by atoms with E-state index in [0.717, 1.165) is 16.7 Å². The van der Waals surface area contributed by atoms with E-state index in [9.17, 15) is 9.90 Å². The van der Waals surface area contributed by atoms with Crippen molar-refractivity contribution >= 4 is 29.0 Å². The lowest BCUT2D eigenvalue weighted by Gasteiger charge is -2.28. The fourth-order valence-electron chi connectivity index (χ4n) is 3.07. The summed E-state index contributed by atoms with van der Waals surface area (Å²) < 4.78 is 5.93. The zero-order valence-corrected chi connectivity index (χ0v) is 19.7. The van der Waals surface area contributed by atoms with Gasteiger partial charge in [-0.3, -0.25) is 10.2 Å². The Hall–Kier alpha value is -3.45. The van der Waals surface area contributed by atoms with Crippen molar-refractivity contribution in [2.24, 2.45) is 5.73 Å². The second-order valence-corrected chi connectivity index (χ2v) is 8.56. The molecule has 1 atom stereocenters. The van der Waals surface area contributed by atoms with Crippen molar-refractivity contribution in [3.05, 3.63) is 83.6 Å². The summed E-state index contributed by atoms with van der Waals surface area (Å²) in [6.45, 7) is 11.4. The van der Waals surface area contributed by atoms with Gasteiger partial charge in [-0.1, -0.05) is 49.0 Å². The van der Waals surface area contributed by atoms with Crippen LogP contribution >= 0.6 is 11.6 Å². The van der Waals surface area contributed by atoms with Crippen LogP contribution in [0.3, 0.4) is 0 Å². The third-order valence-electron chi connectivity index (χ3n) is 5.01. The summed E-state index contributed by atoms with van der Waals surface area (Å²) in [6.07, 6.45) is 1.00. The Morgan fingerprint density at radius 2 is 1.70 bits per heavy atom. The van der Waals surface area contributed by atoms with Crippen molar-refractivity contribution in [1.29, 1.82) is 5.41 Å². The highest BCUT2D eigenvalue weighted by molar-refractivity contribution is 6.30. The standard InChI is InChI=1S/C25H31ClN4O3/c1-16(18-7-11-20(26)12-8-18)19-9-13-21(14-10-19)33-25(3,4)23(32)30-22(17(2)31)6-5-15-29-24(27)28/h7-14,22,31H,1-2,5-6,15H2,3-4H3,(H,30,32)(H4,27,28,29)/t22-/m0/s1. The van der Waals surface area contributed by atoms with E-state index >= 15 is 0 Å². The van der Waals surface area contributed by atoms with Gasteiger partial charge < -0.3 is 26.2 Å². The summed E-state index contributed by atoms with van der Waals surface area (Å²) in [4.78, 5) is 12.8. The van der Waals surface area contributed by atoms with Crippen molar-refractivity contribution in [3.63, 3.8) is 0 Å². The fourth-order valence-corrected chi connectivity index (χ4v) is 3.19. The number of ether oxygens (including phenoxy) is 1. The summed E-state index contributed by atoms with van der Waals surface area (Å²) in [5.41, 5.74) is 6.78. The van der Waals surface area contributed by atoms with Crippen molar-refractivity contribution in [3.8, 4) is 5.75 Å². The molecular weight excluding hydrogens is 440 g/mol. The number of guanidine groups is 1. The van der Waals surface area contributed by atoms with Crippen LogP contribution in [0.15, 0.2) is 67.4 Å². The first-order valence-corrected chi connectivity index (χ1v) is 10.9. The fraction of sp³-hybridized carbons (Fsp3) is 0.280. The number of benzene rings is 2. The van der Waals surface area contributed by atoms with Crippen LogP contribution in [0.2, 0.25) is 5.02 Å². The molecule has 0 aliphatic carbocycles. The molecule has 6 N–H and O–H groups in total. The van der Waals surface area contributed by atoms with E-state index in [1.54, 1.807) is 26.0 Å². The van der Waals surface area contributed by atoms with Crippen LogP contribution in [0, 0.1) is 5.41 Å². The highest BCUT2D eigenvalue weighted by Gasteiger charge is 2.32. The molecule has 33 heavy (non-hydrogen) atoms. The van der Waals surface area contributed by atoms with Gasteiger partial charge in [-0.15, -0.1) is 0 Å². The van der Waals surface area contributed by atoms with Crippen LogP contribution in [-0.4, -0.2) is 35.2 Å². The Kier molecular flexibility index (Phi) is 8.94. The number of hydrogen-bond acceptors (Lipinski definition) is 4. The zero-order chi connectivity index (χ0) is 24.6. The predicted octanol–water partition coefficient (Wildman–Crippen LogP) is 4.38. The Balaban J connectivity index is 1.99. The van der Waals surface area contributed by atoms with Gasteiger partial charge >= 0.3 is 0 Å². The first-order chi connectivity index (χ1) is 15.5. The molecule has 0 unspecified atom stereocenters. The lowest BCUT2D eigenvalue weighted by atomic mass is 9.99. The minimum Gasteiger partial charge on any atom is -0.511 e. The Labute approximate surface area is 199 Å². The molecule has 0 heterocycles. The second-order valence-electron chi connectivity index (χ2n) is 8.12. The molecule has 2 rings (SSSR count). The molecule has 0 saturated carbocycles. The quantitative estimate of drug-likeness (QED) is 0.144. The van der Waals surface area contributed by atoms with Gasteiger partial charge in [0.05, 0.1) is 6.04 Å². The molecule has 0 bridgehead atoms. The maximum absolute atomic E-state index is 12.8. The molecule has 7 nitrogen and oxygen atoms in total. The Morgan fingerprint density at radius 1 is 1.15 bits per heavy atom. The summed E-state index contributed by atoms with van der Waals surface area (Å²) in [6, 6.07) is 14.1. The number of carbonyl (C=O) groups excluding carboxylic acids is 1. The lowest BCUT2D eigenvalue weighted by molar-refractivity contribution is -0.135. The van der Waals surface area contributed by atoms with E-state index in [1.807, 2.05) is 36.4 Å². The normalized spacial score (nSPS) is 11.8. The van der Waals surface area contributed by atoms with E-state index in [4.69, 9.17) is 27.5 Å². The van der Waals surface area contributed by atoms with Crippen LogP contribution in [0.5, 0.6) is 5.75 Å². The van der Waals surface area contributed by atoms with Crippen molar-refractivity contribution in [2.75, 3.05) is 6.54 Å². The summed E-state index contributed by atoms with van der Waals surface area (Å²) in [5, 5.41) is 23.1. The monoisotopic (exact) mass is 470 g/mol. The smallest absolute Gasteiger partial charge is 0.264 e. The summed E-state index contributed by atoms with van der Waals surface area (Å²) in [7, 11) is 0. The van der Waals surface area contributed by atoms with E-state index in [1.165, 1.54) is 0 Å². The average Bonchev–Trinajstić information content (AvgIpc) is 2.75. The number of nitrogens with one attached hydrogen (secondary N) is 3. The first kappa shape index (κ1) is 25.8. The molecule has 0 radical (unpaired) electrons.